The third-order valence-electron chi connectivity index (χ3n) is 4.58. The molecule has 0 spiro atoms. The van der Waals surface area contributed by atoms with Gasteiger partial charge in [0.15, 0.2) is 4.77 Å². The lowest BCUT2D eigenvalue weighted by atomic mass is 9.78. The first-order valence-corrected chi connectivity index (χ1v) is 8.06. The minimum atomic E-state index is -0.414. The van der Waals surface area contributed by atoms with Crippen LogP contribution in [0.3, 0.4) is 0 Å². The predicted molar refractivity (Wildman–Crippen MR) is 91.3 cm³/mol. The summed E-state index contributed by atoms with van der Waals surface area (Å²) in [6, 6.07) is 0.193. The van der Waals surface area contributed by atoms with Gasteiger partial charge in [-0.3, -0.25) is 19.3 Å². The maximum Gasteiger partial charge on any atom is 0.264 e. The number of nitrogens with one attached hydrogen (secondary N) is 1. The molecule has 0 aromatic carbocycles. The summed E-state index contributed by atoms with van der Waals surface area (Å²) in [5, 5.41) is 10.3. The number of aromatic nitrogens is 2. The van der Waals surface area contributed by atoms with E-state index in [2.05, 4.69) is 30.4 Å². The molecule has 1 saturated carbocycles. The van der Waals surface area contributed by atoms with Gasteiger partial charge in [-0.1, -0.05) is 32.8 Å². The lowest BCUT2D eigenvalue weighted by Gasteiger charge is -2.31. The largest absolute Gasteiger partial charge is 0.494 e. The third-order valence-corrected chi connectivity index (χ3v) is 4.90. The van der Waals surface area contributed by atoms with Crippen molar-refractivity contribution in [1.82, 2.24) is 9.55 Å². The molecule has 0 radical (unpaired) electrons. The van der Waals surface area contributed by atoms with Gasteiger partial charge in [0.2, 0.25) is 5.88 Å². The molecule has 1 aliphatic carbocycles. The number of aromatic hydroxyl groups is 1. The molecule has 1 aromatic rings. The van der Waals surface area contributed by atoms with E-state index in [9.17, 15) is 9.90 Å². The standard InChI is InChI=1S/C16H23N3O2S/c1-4-8-19-15(21)12(14(20)18-16(19)22)9-17-13-7-5-6-10(2)11(13)3/h4,9-11,13,21H,1,5-8H2,2-3H3,(H,18,20,22)/t10-,11-,13-/m0/s1. The molecular formula is C16H23N3O2S. The zero-order valence-corrected chi connectivity index (χ0v) is 13.9. The van der Waals surface area contributed by atoms with Gasteiger partial charge in [-0.2, -0.15) is 0 Å². The lowest BCUT2D eigenvalue weighted by Crippen LogP contribution is -2.28. The fraction of sp³-hybridized carbons (Fsp3) is 0.562. The molecule has 0 bridgehead atoms. The van der Waals surface area contributed by atoms with Gasteiger partial charge in [0.25, 0.3) is 5.56 Å². The van der Waals surface area contributed by atoms with Crippen molar-refractivity contribution >= 4 is 18.4 Å². The minimum Gasteiger partial charge on any atom is -0.494 e. The Morgan fingerprint density at radius 3 is 2.91 bits per heavy atom. The Hall–Kier alpha value is -1.69. The zero-order chi connectivity index (χ0) is 16.3. The summed E-state index contributed by atoms with van der Waals surface area (Å²) in [5.41, 5.74) is -0.260. The molecular weight excluding hydrogens is 298 g/mol. The molecule has 2 rings (SSSR count). The molecule has 0 unspecified atom stereocenters. The second kappa shape index (κ2) is 7.05. The highest BCUT2D eigenvalue weighted by Crippen LogP contribution is 2.31. The average Bonchev–Trinajstić information content (AvgIpc) is 2.47. The third kappa shape index (κ3) is 3.38. The van der Waals surface area contributed by atoms with Gasteiger partial charge >= 0.3 is 0 Å². The van der Waals surface area contributed by atoms with Gasteiger partial charge in [-0.15, -0.1) is 6.58 Å². The van der Waals surface area contributed by atoms with Crippen molar-refractivity contribution in [3.8, 4) is 5.88 Å². The highest BCUT2D eigenvalue weighted by molar-refractivity contribution is 7.71. The topological polar surface area (TPSA) is 70.4 Å². The lowest BCUT2D eigenvalue weighted by molar-refractivity contribution is 0.242. The van der Waals surface area contributed by atoms with Crippen LogP contribution in [0.15, 0.2) is 22.4 Å². The van der Waals surface area contributed by atoms with Crippen LogP contribution in [0.1, 0.15) is 38.7 Å². The average molecular weight is 321 g/mol. The first-order chi connectivity index (χ1) is 10.5. The smallest absolute Gasteiger partial charge is 0.264 e. The summed E-state index contributed by atoms with van der Waals surface area (Å²) < 4.78 is 1.61. The van der Waals surface area contributed by atoms with Gasteiger partial charge in [-0.25, -0.2) is 0 Å². The molecule has 3 atom stereocenters. The summed E-state index contributed by atoms with van der Waals surface area (Å²) >= 11 is 5.05. The van der Waals surface area contributed by atoms with E-state index >= 15 is 0 Å². The second-order valence-corrected chi connectivity index (χ2v) is 6.40. The van der Waals surface area contributed by atoms with Crippen LogP contribution in [-0.2, 0) is 6.54 Å². The monoisotopic (exact) mass is 321 g/mol. The summed E-state index contributed by atoms with van der Waals surface area (Å²) in [6.07, 6.45) is 6.49. The van der Waals surface area contributed by atoms with E-state index in [1.54, 1.807) is 6.08 Å². The van der Waals surface area contributed by atoms with E-state index in [-0.39, 0.29) is 22.3 Å². The molecule has 0 aliphatic heterocycles. The molecule has 5 nitrogen and oxygen atoms in total. The molecule has 1 aliphatic rings. The summed E-state index contributed by atoms with van der Waals surface area (Å²) in [4.78, 5) is 19.1. The Kier molecular flexibility index (Phi) is 5.34. The van der Waals surface area contributed by atoms with E-state index in [1.165, 1.54) is 17.2 Å². The van der Waals surface area contributed by atoms with Crippen molar-refractivity contribution in [2.75, 3.05) is 0 Å². The van der Waals surface area contributed by atoms with Crippen molar-refractivity contribution < 1.29 is 5.11 Å². The molecule has 1 heterocycles. The fourth-order valence-electron chi connectivity index (χ4n) is 2.92. The Morgan fingerprint density at radius 1 is 1.50 bits per heavy atom. The Morgan fingerprint density at radius 2 is 2.23 bits per heavy atom. The molecule has 1 aromatic heterocycles. The summed E-state index contributed by atoms with van der Waals surface area (Å²) in [5.74, 6) is 0.946. The first kappa shape index (κ1) is 16.7. The Bertz CT molecular complexity index is 690. The maximum atomic E-state index is 12.0. The highest BCUT2D eigenvalue weighted by Gasteiger charge is 2.26. The molecule has 6 heteroatoms. The van der Waals surface area contributed by atoms with Crippen molar-refractivity contribution in [3.63, 3.8) is 0 Å². The number of nitrogens with zero attached hydrogens (tertiary/aromatic N) is 2. The molecule has 22 heavy (non-hydrogen) atoms. The van der Waals surface area contributed by atoms with E-state index in [0.717, 1.165) is 12.8 Å². The summed E-state index contributed by atoms with van der Waals surface area (Å²) in [7, 11) is 0. The van der Waals surface area contributed by atoms with Gasteiger partial charge in [0, 0.05) is 12.8 Å². The number of aromatic amines is 1. The molecule has 2 N–H and O–H groups in total. The maximum absolute atomic E-state index is 12.0. The minimum absolute atomic E-state index is 0.154. The van der Waals surface area contributed by atoms with Crippen LogP contribution in [0.2, 0.25) is 0 Å². The van der Waals surface area contributed by atoms with Crippen LogP contribution in [0.4, 0.5) is 0 Å². The number of hydrogen-bond donors (Lipinski definition) is 2. The number of rotatable bonds is 4. The van der Waals surface area contributed by atoms with Crippen LogP contribution in [-0.4, -0.2) is 26.9 Å². The van der Waals surface area contributed by atoms with Gasteiger partial charge in [0.1, 0.15) is 5.56 Å². The molecule has 120 valence electrons. The van der Waals surface area contributed by atoms with Crippen LogP contribution < -0.4 is 5.56 Å². The fourth-order valence-corrected chi connectivity index (χ4v) is 3.18. The van der Waals surface area contributed by atoms with Crippen molar-refractivity contribution in [2.24, 2.45) is 16.8 Å². The number of aliphatic imine (C=N–C) groups is 1. The number of allylic oxidation sites excluding steroid dienone is 1. The summed E-state index contributed by atoms with van der Waals surface area (Å²) in [6.45, 7) is 8.39. The van der Waals surface area contributed by atoms with Crippen molar-refractivity contribution in [1.29, 1.82) is 0 Å². The van der Waals surface area contributed by atoms with E-state index in [0.29, 0.717) is 18.4 Å². The van der Waals surface area contributed by atoms with Gasteiger partial charge < -0.3 is 5.11 Å². The molecule has 0 amide bonds. The number of hydrogen-bond acceptors (Lipinski definition) is 4. The van der Waals surface area contributed by atoms with Crippen molar-refractivity contribution in [2.45, 2.75) is 45.7 Å². The van der Waals surface area contributed by atoms with Crippen LogP contribution in [0.5, 0.6) is 5.88 Å². The zero-order valence-electron chi connectivity index (χ0n) is 13.1. The highest BCUT2D eigenvalue weighted by atomic mass is 32.1. The van der Waals surface area contributed by atoms with Gasteiger partial charge in [0.05, 0.1) is 6.04 Å². The van der Waals surface area contributed by atoms with Gasteiger partial charge in [-0.05, 0) is 30.5 Å². The second-order valence-electron chi connectivity index (χ2n) is 6.01. The molecule has 0 saturated heterocycles. The van der Waals surface area contributed by atoms with Crippen molar-refractivity contribution in [3.05, 3.63) is 33.3 Å². The van der Waals surface area contributed by atoms with Crippen LogP contribution >= 0.6 is 12.2 Å². The first-order valence-electron chi connectivity index (χ1n) is 7.65. The Balaban J connectivity index is 2.35. The van der Waals surface area contributed by atoms with E-state index in [4.69, 9.17) is 12.2 Å². The Labute approximate surface area is 135 Å². The normalized spacial score (nSPS) is 25.5. The number of H-pyrrole nitrogens is 1. The van der Waals surface area contributed by atoms with Crippen LogP contribution in [0, 0.1) is 16.6 Å². The SMILES string of the molecule is C=CCn1c(O)c(C=N[C@H]2CCC[C@H](C)[C@@H]2C)c(=O)[nH]c1=S. The van der Waals surface area contributed by atoms with E-state index < -0.39 is 5.56 Å². The molecule has 1 fully saturated rings. The predicted octanol–water partition coefficient (Wildman–Crippen LogP) is 3.04. The quantitative estimate of drug-likeness (QED) is 0.509. The van der Waals surface area contributed by atoms with Crippen LogP contribution in [0.25, 0.3) is 0 Å². The van der Waals surface area contributed by atoms with E-state index in [1.807, 2.05) is 0 Å².